The van der Waals surface area contributed by atoms with Gasteiger partial charge in [0.2, 0.25) is 0 Å². The van der Waals surface area contributed by atoms with Crippen molar-refractivity contribution in [3.63, 3.8) is 0 Å². The minimum Gasteiger partial charge on any atom is -0.381 e. The molecule has 0 aromatic rings. The molecule has 1 aliphatic carbocycles. The van der Waals surface area contributed by atoms with Crippen LogP contribution < -0.4 is 5.73 Å². The van der Waals surface area contributed by atoms with Crippen LogP contribution in [-0.2, 0) is 9.53 Å². The maximum atomic E-state index is 12.4. The molecule has 1 saturated heterocycles. The minimum absolute atomic E-state index is 0.0944. The van der Waals surface area contributed by atoms with Gasteiger partial charge in [0.25, 0.3) is 0 Å². The number of nitrogens with two attached hydrogens (primary N) is 1. The van der Waals surface area contributed by atoms with Gasteiger partial charge in [0.15, 0.2) is 0 Å². The molecule has 1 heterocycles. The second-order valence-corrected chi connectivity index (χ2v) is 5.22. The third-order valence-corrected chi connectivity index (χ3v) is 4.00. The van der Waals surface area contributed by atoms with Crippen LogP contribution in [-0.4, -0.2) is 25.0 Å². The highest BCUT2D eigenvalue weighted by atomic mass is 16.5. The third-order valence-electron chi connectivity index (χ3n) is 4.00. The van der Waals surface area contributed by atoms with Crippen molar-refractivity contribution in [3.05, 3.63) is 0 Å². The van der Waals surface area contributed by atoms with E-state index in [1.807, 2.05) is 0 Å². The summed E-state index contributed by atoms with van der Waals surface area (Å²) in [6.45, 7) is 1.45. The van der Waals surface area contributed by atoms with E-state index in [9.17, 15) is 4.79 Å². The Hall–Kier alpha value is -0.410. The summed E-state index contributed by atoms with van der Waals surface area (Å²) in [5.74, 6) is 0.617. The summed E-state index contributed by atoms with van der Waals surface area (Å²) in [5.41, 5.74) is 6.12. The van der Waals surface area contributed by atoms with Gasteiger partial charge in [0, 0.05) is 24.5 Å². The van der Waals surface area contributed by atoms with E-state index in [0.717, 1.165) is 38.7 Å². The first-order chi connectivity index (χ1) is 7.79. The Morgan fingerprint density at radius 3 is 2.62 bits per heavy atom. The lowest BCUT2D eigenvalue weighted by atomic mass is 9.82. The van der Waals surface area contributed by atoms with Crippen LogP contribution in [0.25, 0.3) is 0 Å². The van der Waals surface area contributed by atoms with Gasteiger partial charge >= 0.3 is 0 Å². The fraction of sp³-hybridized carbons (Fsp3) is 0.923. The average Bonchev–Trinajstić information content (AvgIpc) is 2.54. The highest BCUT2D eigenvalue weighted by Crippen LogP contribution is 2.27. The van der Waals surface area contributed by atoms with Crippen LogP contribution in [0.15, 0.2) is 0 Å². The van der Waals surface area contributed by atoms with E-state index in [-0.39, 0.29) is 17.9 Å². The van der Waals surface area contributed by atoms with Crippen LogP contribution in [0.2, 0.25) is 0 Å². The monoisotopic (exact) mass is 225 g/mol. The molecule has 0 spiro atoms. The van der Waals surface area contributed by atoms with E-state index in [0.29, 0.717) is 12.4 Å². The molecule has 92 valence electrons. The van der Waals surface area contributed by atoms with Gasteiger partial charge in [-0.25, -0.2) is 0 Å². The van der Waals surface area contributed by atoms with E-state index in [4.69, 9.17) is 10.5 Å². The Morgan fingerprint density at radius 1 is 1.06 bits per heavy atom. The molecule has 3 unspecified atom stereocenters. The zero-order valence-electron chi connectivity index (χ0n) is 9.99. The van der Waals surface area contributed by atoms with E-state index in [2.05, 4.69) is 0 Å². The smallest absolute Gasteiger partial charge is 0.142 e. The molecule has 3 nitrogen and oxygen atoms in total. The Bertz CT molecular complexity index is 236. The maximum Gasteiger partial charge on any atom is 0.142 e. The lowest BCUT2D eigenvalue weighted by Crippen LogP contribution is -2.40. The minimum atomic E-state index is 0.0944. The van der Waals surface area contributed by atoms with E-state index in [1.165, 1.54) is 12.8 Å². The molecule has 16 heavy (non-hydrogen) atoms. The Labute approximate surface area is 97.7 Å². The molecule has 2 rings (SSSR count). The summed E-state index contributed by atoms with van der Waals surface area (Å²) in [7, 11) is 0. The molecular weight excluding hydrogens is 202 g/mol. The van der Waals surface area contributed by atoms with Crippen LogP contribution in [0.4, 0.5) is 0 Å². The van der Waals surface area contributed by atoms with Crippen molar-refractivity contribution in [3.8, 4) is 0 Å². The number of carbonyl (C=O) groups is 1. The summed E-state index contributed by atoms with van der Waals surface area (Å²) in [6, 6.07) is 0.0944. The lowest BCUT2D eigenvalue weighted by molar-refractivity contribution is -0.131. The molecule has 0 aromatic heterocycles. The predicted molar refractivity (Wildman–Crippen MR) is 63.1 cm³/mol. The maximum absolute atomic E-state index is 12.4. The molecule has 2 N–H and O–H groups in total. The fourth-order valence-corrected chi connectivity index (χ4v) is 2.96. The summed E-state index contributed by atoms with van der Waals surface area (Å²) in [5, 5.41) is 0. The standard InChI is InChI=1S/C13H23NO2/c14-12-7-3-1-2-6-11(12)13(15)10-5-4-8-16-9-10/h10-12H,1-9,14H2. The first-order valence-corrected chi connectivity index (χ1v) is 6.66. The number of ether oxygens (including phenoxy) is 1. The largest absolute Gasteiger partial charge is 0.381 e. The third kappa shape index (κ3) is 2.83. The molecule has 2 aliphatic rings. The van der Waals surface area contributed by atoms with Crippen LogP contribution in [0, 0.1) is 11.8 Å². The second kappa shape index (κ2) is 5.78. The van der Waals surface area contributed by atoms with Crippen molar-refractivity contribution in [2.75, 3.05) is 13.2 Å². The zero-order valence-corrected chi connectivity index (χ0v) is 9.99. The summed E-state index contributed by atoms with van der Waals surface area (Å²) in [4.78, 5) is 12.4. The van der Waals surface area contributed by atoms with Gasteiger partial charge in [-0.3, -0.25) is 4.79 Å². The van der Waals surface area contributed by atoms with Gasteiger partial charge in [0.1, 0.15) is 5.78 Å². The summed E-state index contributed by atoms with van der Waals surface area (Å²) in [6.07, 6.45) is 7.63. The lowest BCUT2D eigenvalue weighted by Gasteiger charge is -2.27. The van der Waals surface area contributed by atoms with E-state index in [1.54, 1.807) is 0 Å². The molecule has 3 atom stereocenters. The normalized spacial score (nSPS) is 36.7. The Morgan fingerprint density at radius 2 is 1.88 bits per heavy atom. The molecule has 1 aliphatic heterocycles. The van der Waals surface area contributed by atoms with Crippen molar-refractivity contribution in [1.29, 1.82) is 0 Å². The second-order valence-electron chi connectivity index (χ2n) is 5.22. The van der Waals surface area contributed by atoms with Gasteiger partial charge < -0.3 is 10.5 Å². The number of carbonyl (C=O) groups excluding carboxylic acids is 1. The molecule has 0 amide bonds. The molecular formula is C13H23NO2. The number of hydrogen-bond donors (Lipinski definition) is 1. The first-order valence-electron chi connectivity index (χ1n) is 6.66. The van der Waals surface area contributed by atoms with Crippen molar-refractivity contribution in [2.45, 2.75) is 51.0 Å². The van der Waals surface area contributed by atoms with Crippen molar-refractivity contribution >= 4 is 5.78 Å². The Balaban J connectivity index is 1.95. The Kier molecular flexibility index (Phi) is 4.36. The zero-order chi connectivity index (χ0) is 11.4. The number of Topliss-reactive ketones (excluding diaryl/α,β-unsaturated/α-hetero) is 1. The SMILES string of the molecule is NC1CCCCCC1C(=O)C1CCCOC1. The first kappa shape index (κ1) is 12.1. The molecule has 3 heteroatoms. The van der Waals surface area contributed by atoms with Gasteiger partial charge in [-0.2, -0.15) is 0 Å². The van der Waals surface area contributed by atoms with Crippen LogP contribution in [0.5, 0.6) is 0 Å². The molecule has 0 aromatic carbocycles. The highest BCUT2D eigenvalue weighted by Gasteiger charge is 2.32. The van der Waals surface area contributed by atoms with Crippen molar-refractivity contribution in [1.82, 2.24) is 0 Å². The number of ketones is 1. The van der Waals surface area contributed by atoms with E-state index < -0.39 is 0 Å². The van der Waals surface area contributed by atoms with Gasteiger partial charge in [-0.15, -0.1) is 0 Å². The van der Waals surface area contributed by atoms with Crippen LogP contribution >= 0.6 is 0 Å². The van der Waals surface area contributed by atoms with Crippen LogP contribution in [0.3, 0.4) is 0 Å². The van der Waals surface area contributed by atoms with Gasteiger partial charge in [-0.05, 0) is 25.7 Å². The predicted octanol–water partition coefficient (Wildman–Crippen LogP) is 1.89. The van der Waals surface area contributed by atoms with Gasteiger partial charge in [0.05, 0.1) is 6.61 Å². The van der Waals surface area contributed by atoms with Crippen molar-refractivity contribution < 1.29 is 9.53 Å². The summed E-state index contributed by atoms with van der Waals surface area (Å²) >= 11 is 0. The quantitative estimate of drug-likeness (QED) is 0.730. The van der Waals surface area contributed by atoms with Crippen LogP contribution in [0.1, 0.15) is 44.9 Å². The number of hydrogen-bond acceptors (Lipinski definition) is 3. The molecule has 0 radical (unpaired) electrons. The molecule has 0 bridgehead atoms. The van der Waals surface area contributed by atoms with Gasteiger partial charge in [-0.1, -0.05) is 19.3 Å². The highest BCUT2D eigenvalue weighted by molar-refractivity contribution is 5.84. The average molecular weight is 225 g/mol. The summed E-state index contributed by atoms with van der Waals surface area (Å²) < 4.78 is 5.40. The molecule has 2 fully saturated rings. The topological polar surface area (TPSA) is 52.3 Å². The fourth-order valence-electron chi connectivity index (χ4n) is 2.96. The molecule has 1 saturated carbocycles. The number of rotatable bonds is 2. The van der Waals surface area contributed by atoms with E-state index >= 15 is 0 Å². The van der Waals surface area contributed by atoms with Crippen molar-refractivity contribution in [2.24, 2.45) is 17.6 Å².